The highest BCUT2D eigenvalue weighted by Gasteiger charge is 2.31. The number of aryl methyl sites for hydroxylation is 1. The topological polar surface area (TPSA) is 66.4 Å². The first-order chi connectivity index (χ1) is 12.1. The molecule has 2 aromatic carbocycles. The number of benzene rings is 2. The van der Waals surface area contributed by atoms with Gasteiger partial charge in [0.1, 0.15) is 0 Å². The Morgan fingerprint density at radius 2 is 1.76 bits per heavy atom. The summed E-state index contributed by atoms with van der Waals surface area (Å²) in [5.74, 6) is -1.92. The number of hydrogen-bond acceptors (Lipinski definition) is 2. The second-order valence-electron chi connectivity index (χ2n) is 6.67. The van der Waals surface area contributed by atoms with Crippen LogP contribution in [-0.4, -0.2) is 17.0 Å². The quantitative estimate of drug-likeness (QED) is 0.874. The van der Waals surface area contributed by atoms with Crippen LogP contribution in [0.25, 0.3) is 0 Å². The first-order valence-corrected chi connectivity index (χ1v) is 8.74. The van der Waals surface area contributed by atoms with E-state index in [0.29, 0.717) is 0 Å². The number of fused-ring (bicyclic) bond motifs is 1. The highest BCUT2D eigenvalue weighted by Crippen LogP contribution is 2.33. The van der Waals surface area contributed by atoms with E-state index >= 15 is 0 Å². The average Bonchev–Trinajstić information content (AvgIpc) is 2.65. The molecule has 0 saturated carbocycles. The molecule has 3 atom stereocenters. The number of aliphatic carboxylic acids is 1. The Morgan fingerprint density at radius 3 is 2.48 bits per heavy atom. The number of nitrogens with one attached hydrogen (secondary N) is 1. The molecule has 0 spiro atoms. The van der Waals surface area contributed by atoms with Crippen molar-refractivity contribution in [2.45, 2.75) is 38.1 Å². The van der Waals surface area contributed by atoms with Gasteiger partial charge in [0.25, 0.3) is 0 Å². The van der Waals surface area contributed by atoms with Crippen LogP contribution < -0.4 is 5.32 Å². The van der Waals surface area contributed by atoms with E-state index in [4.69, 9.17) is 0 Å². The smallest absolute Gasteiger partial charge is 0.308 e. The molecule has 130 valence electrons. The van der Waals surface area contributed by atoms with Gasteiger partial charge in [0.15, 0.2) is 0 Å². The number of rotatable bonds is 5. The van der Waals surface area contributed by atoms with E-state index in [-0.39, 0.29) is 11.8 Å². The normalized spacial score (nSPS) is 18.7. The van der Waals surface area contributed by atoms with Crippen LogP contribution in [0.15, 0.2) is 54.6 Å². The Labute approximate surface area is 147 Å². The Balaban J connectivity index is 1.85. The molecule has 3 unspecified atom stereocenters. The van der Waals surface area contributed by atoms with E-state index in [0.717, 1.165) is 30.4 Å². The zero-order valence-corrected chi connectivity index (χ0v) is 14.3. The number of amides is 1. The van der Waals surface area contributed by atoms with Crippen molar-refractivity contribution in [3.63, 3.8) is 0 Å². The third-order valence-corrected chi connectivity index (χ3v) is 5.03. The van der Waals surface area contributed by atoms with E-state index in [1.807, 2.05) is 48.5 Å². The number of hydrogen-bond donors (Lipinski definition) is 2. The fraction of sp³-hybridized carbons (Fsp3) is 0.333. The molecular weight excluding hydrogens is 314 g/mol. The molecule has 4 nitrogen and oxygen atoms in total. The number of carbonyl (C=O) groups is 2. The van der Waals surface area contributed by atoms with Crippen molar-refractivity contribution < 1.29 is 14.7 Å². The maximum absolute atomic E-state index is 13.0. The molecule has 0 heterocycles. The monoisotopic (exact) mass is 337 g/mol. The third kappa shape index (κ3) is 3.73. The largest absolute Gasteiger partial charge is 0.481 e. The third-order valence-electron chi connectivity index (χ3n) is 5.03. The molecule has 0 radical (unpaired) electrons. The first kappa shape index (κ1) is 17.2. The van der Waals surface area contributed by atoms with Crippen molar-refractivity contribution in [3.8, 4) is 0 Å². The lowest BCUT2D eigenvalue weighted by Crippen LogP contribution is -2.39. The Bertz CT molecular complexity index is 757. The molecule has 0 aliphatic heterocycles. The van der Waals surface area contributed by atoms with E-state index in [1.54, 1.807) is 6.92 Å². The van der Waals surface area contributed by atoms with Crippen LogP contribution in [-0.2, 0) is 16.0 Å². The van der Waals surface area contributed by atoms with Crippen molar-refractivity contribution in [2.24, 2.45) is 5.92 Å². The van der Waals surface area contributed by atoms with Crippen LogP contribution in [0, 0.1) is 5.92 Å². The van der Waals surface area contributed by atoms with E-state index in [9.17, 15) is 14.7 Å². The van der Waals surface area contributed by atoms with Gasteiger partial charge < -0.3 is 10.4 Å². The van der Waals surface area contributed by atoms with Crippen LogP contribution in [0.3, 0.4) is 0 Å². The molecule has 0 bridgehead atoms. The highest BCUT2D eigenvalue weighted by atomic mass is 16.4. The lowest BCUT2D eigenvalue weighted by atomic mass is 9.82. The summed E-state index contributed by atoms with van der Waals surface area (Å²) in [5, 5.41) is 12.4. The molecule has 0 saturated heterocycles. The Hall–Kier alpha value is -2.62. The van der Waals surface area contributed by atoms with Gasteiger partial charge in [0, 0.05) is 0 Å². The summed E-state index contributed by atoms with van der Waals surface area (Å²) in [7, 11) is 0. The average molecular weight is 337 g/mol. The predicted octanol–water partition coefficient (Wildman–Crippen LogP) is 3.68. The van der Waals surface area contributed by atoms with Crippen molar-refractivity contribution in [2.75, 3.05) is 0 Å². The lowest BCUT2D eigenvalue weighted by Gasteiger charge is -2.29. The minimum Gasteiger partial charge on any atom is -0.481 e. The van der Waals surface area contributed by atoms with Gasteiger partial charge in [0.2, 0.25) is 5.91 Å². The maximum atomic E-state index is 13.0. The molecule has 1 aliphatic carbocycles. The molecule has 3 rings (SSSR count). The van der Waals surface area contributed by atoms with Crippen molar-refractivity contribution >= 4 is 11.9 Å². The molecule has 1 aliphatic rings. The zero-order valence-electron chi connectivity index (χ0n) is 14.3. The fourth-order valence-electron chi connectivity index (χ4n) is 3.58. The van der Waals surface area contributed by atoms with Crippen LogP contribution in [0.1, 0.15) is 48.4 Å². The van der Waals surface area contributed by atoms with Gasteiger partial charge in [-0.15, -0.1) is 0 Å². The molecule has 0 fully saturated rings. The molecule has 4 heteroatoms. The van der Waals surface area contributed by atoms with Gasteiger partial charge in [-0.1, -0.05) is 54.6 Å². The molecule has 1 amide bonds. The lowest BCUT2D eigenvalue weighted by molar-refractivity contribution is -0.142. The summed E-state index contributed by atoms with van der Waals surface area (Å²) in [5.41, 5.74) is 3.10. The van der Waals surface area contributed by atoms with E-state index in [2.05, 4.69) is 11.4 Å². The Kier molecular flexibility index (Phi) is 5.17. The maximum Gasteiger partial charge on any atom is 0.308 e. The second kappa shape index (κ2) is 7.51. The van der Waals surface area contributed by atoms with Gasteiger partial charge in [-0.2, -0.15) is 0 Å². The fourth-order valence-corrected chi connectivity index (χ4v) is 3.58. The summed E-state index contributed by atoms with van der Waals surface area (Å²) in [6, 6.07) is 16.8. The molecule has 2 aromatic rings. The first-order valence-electron chi connectivity index (χ1n) is 8.74. The molecule has 2 N–H and O–H groups in total. The van der Waals surface area contributed by atoms with Crippen LogP contribution in [0.2, 0.25) is 0 Å². The zero-order chi connectivity index (χ0) is 17.8. The minimum atomic E-state index is -0.918. The number of carbonyl (C=O) groups excluding carboxylic acids is 1. The summed E-state index contributed by atoms with van der Waals surface area (Å²) in [6.45, 7) is 1.63. The van der Waals surface area contributed by atoms with Gasteiger partial charge in [-0.3, -0.25) is 9.59 Å². The van der Waals surface area contributed by atoms with E-state index in [1.165, 1.54) is 5.56 Å². The van der Waals surface area contributed by atoms with Gasteiger partial charge in [0.05, 0.1) is 17.9 Å². The summed E-state index contributed by atoms with van der Waals surface area (Å²) >= 11 is 0. The summed E-state index contributed by atoms with van der Waals surface area (Å²) in [6.07, 6.45) is 2.76. The summed E-state index contributed by atoms with van der Waals surface area (Å²) in [4.78, 5) is 24.5. The van der Waals surface area contributed by atoms with Crippen LogP contribution in [0.4, 0.5) is 0 Å². The van der Waals surface area contributed by atoms with Gasteiger partial charge in [-0.05, 0) is 42.9 Å². The van der Waals surface area contributed by atoms with E-state index < -0.39 is 17.9 Å². The second-order valence-corrected chi connectivity index (χ2v) is 6.67. The van der Waals surface area contributed by atoms with Crippen molar-refractivity contribution in [3.05, 3.63) is 71.3 Å². The molecular formula is C21H23NO3. The predicted molar refractivity (Wildman–Crippen MR) is 96.2 cm³/mol. The molecule has 25 heavy (non-hydrogen) atoms. The summed E-state index contributed by atoms with van der Waals surface area (Å²) < 4.78 is 0. The highest BCUT2D eigenvalue weighted by molar-refractivity contribution is 5.85. The van der Waals surface area contributed by atoms with Gasteiger partial charge in [-0.25, -0.2) is 0 Å². The minimum absolute atomic E-state index is 0.0888. The SMILES string of the molecule is CC(C(=O)O)C(NC(=O)C1CCCc2ccccc21)c1ccccc1. The Morgan fingerprint density at radius 1 is 1.08 bits per heavy atom. The number of carboxylic acids is 1. The number of carboxylic acid groups (broad SMARTS) is 1. The van der Waals surface area contributed by atoms with Crippen molar-refractivity contribution in [1.29, 1.82) is 0 Å². The molecule has 0 aromatic heterocycles. The van der Waals surface area contributed by atoms with Crippen molar-refractivity contribution in [1.82, 2.24) is 5.32 Å². The van der Waals surface area contributed by atoms with Gasteiger partial charge >= 0.3 is 5.97 Å². The van der Waals surface area contributed by atoms with Crippen LogP contribution in [0.5, 0.6) is 0 Å². The standard InChI is InChI=1S/C21H23NO3/c1-14(21(24)25)19(16-9-3-2-4-10-16)22-20(23)18-13-7-11-15-8-5-6-12-17(15)18/h2-6,8-10,12,14,18-19H,7,11,13H2,1H3,(H,22,23)(H,24,25). The van der Waals surface area contributed by atoms with Crippen LogP contribution >= 0.6 is 0 Å².